The first-order valence-corrected chi connectivity index (χ1v) is 12.2. The summed E-state index contributed by atoms with van der Waals surface area (Å²) in [5, 5.41) is 15.9. The summed E-state index contributed by atoms with van der Waals surface area (Å²) in [5.74, 6) is 2.30. The molecule has 2 fully saturated rings. The summed E-state index contributed by atoms with van der Waals surface area (Å²) in [6.45, 7) is 2.96. The number of halogens is 1. The van der Waals surface area contributed by atoms with Gasteiger partial charge in [0.15, 0.2) is 0 Å². The van der Waals surface area contributed by atoms with Crippen LogP contribution in [0.4, 0.5) is 0 Å². The molecule has 2 aliphatic rings. The van der Waals surface area contributed by atoms with Gasteiger partial charge in [0, 0.05) is 54.8 Å². The average molecular weight is 454 g/mol. The van der Waals surface area contributed by atoms with Crippen molar-refractivity contribution >= 4 is 11.6 Å². The van der Waals surface area contributed by atoms with Crippen LogP contribution in [-0.4, -0.2) is 36.0 Å². The molecule has 170 valence electrons. The van der Waals surface area contributed by atoms with E-state index in [1.54, 1.807) is 6.20 Å². The summed E-state index contributed by atoms with van der Waals surface area (Å²) >= 11 is 6.54. The fourth-order valence-corrected chi connectivity index (χ4v) is 5.02. The van der Waals surface area contributed by atoms with Crippen LogP contribution >= 0.6 is 11.6 Å². The average Bonchev–Trinajstić information content (AvgIpc) is 3.42. The van der Waals surface area contributed by atoms with Gasteiger partial charge in [-0.05, 0) is 63.7 Å². The Bertz CT molecular complexity index is 1060. The molecule has 3 heterocycles. The zero-order valence-electron chi connectivity index (χ0n) is 18.9. The van der Waals surface area contributed by atoms with Gasteiger partial charge in [0.25, 0.3) is 0 Å². The lowest BCUT2D eigenvalue weighted by Gasteiger charge is -2.29. The normalized spacial score (nSPS) is 21.2. The lowest BCUT2D eigenvalue weighted by molar-refractivity contribution is 0.286. The number of hydrogen-bond donors (Lipinski definition) is 2. The van der Waals surface area contributed by atoms with Gasteiger partial charge in [-0.25, -0.2) is 9.97 Å². The number of nitrogens with one attached hydrogen (secondary N) is 2. The summed E-state index contributed by atoms with van der Waals surface area (Å²) in [7, 11) is 2.01. The summed E-state index contributed by atoms with van der Waals surface area (Å²) in [5.41, 5.74) is 5.54. The highest BCUT2D eigenvalue weighted by Crippen LogP contribution is 2.37. The number of aromatic nitrogens is 6. The van der Waals surface area contributed by atoms with E-state index in [0.717, 1.165) is 48.1 Å². The Labute approximate surface area is 194 Å². The molecule has 2 N–H and O–H groups in total. The van der Waals surface area contributed by atoms with Crippen molar-refractivity contribution < 1.29 is 0 Å². The number of nitrogens with zero attached hydrogens (tertiary/aromatic N) is 5. The minimum atomic E-state index is 0.572. The molecule has 0 spiro atoms. The zero-order chi connectivity index (χ0) is 22.1. The maximum Gasteiger partial charge on any atom is 0.129 e. The van der Waals surface area contributed by atoms with Crippen LogP contribution in [0.25, 0.3) is 11.3 Å². The van der Waals surface area contributed by atoms with Crippen LogP contribution in [0.1, 0.15) is 61.3 Å². The Morgan fingerprint density at radius 2 is 1.81 bits per heavy atom. The number of hydrogen-bond acceptors (Lipinski definition) is 5. The maximum absolute atomic E-state index is 6.54. The topological polar surface area (TPSA) is 84.3 Å². The number of aromatic amines is 1. The van der Waals surface area contributed by atoms with Gasteiger partial charge in [0.2, 0.25) is 0 Å². The molecule has 5 rings (SSSR count). The van der Waals surface area contributed by atoms with Gasteiger partial charge in [-0.2, -0.15) is 10.2 Å². The molecular weight excluding hydrogens is 422 g/mol. The van der Waals surface area contributed by atoms with Crippen LogP contribution in [0.15, 0.2) is 18.6 Å². The fraction of sp³-hybridized carbons (Fsp3) is 0.583. The van der Waals surface area contributed by atoms with E-state index in [2.05, 4.69) is 32.5 Å². The second kappa shape index (κ2) is 9.32. The second-order valence-corrected chi connectivity index (χ2v) is 9.99. The molecule has 0 saturated heterocycles. The molecule has 3 aromatic heterocycles. The molecule has 7 nitrogen and oxygen atoms in total. The minimum absolute atomic E-state index is 0.572. The van der Waals surface area contributed by atoms with Gasteiger partial charge in [-0.1, -0.05) is 11.6 Å². The predicted molar refractivity (Wildman–Crippen MR) is 125 cm³/mol. The van der Waals surface area contributed by atoms with E-state index in [1.807, 2.05) is 24.1 Å². The molecule has 0 aromatic carbocycles. The van der Waals surface area contributed by atoms with E-state index < -0.39 is 0 Å². The molecule has 0 radical (unpaired) electrons. The van der Waals surface area contributed by atoms with E-state index in [9.17, 15) is 0 Å². The van der Waals surface area contributed by atoms with Crippen molar-refractivity contribution in [1.29, 1.82) is 0 Å². The number of aryl methyl sites for hydroxylation is 2. The molecule has 2 saturated carbocycles. The molecule has 0 amide bonds. The molecule has 3 aromatic rings. The second-order valence-electron chi connectivity index (χ2n) is 9.58. The van der Waals surface area contributed by atoms with Gasteiger partial charge in [0.05, 0.1) is 23.1 Å². The number of rotatable bonds is 8. The van der Waals surface area contributed by atoms with E-state index in [-0.39, 0.29) is 0 Å². The summed E-state index contributed by atoms with van der Waals surface area (Å²) in [6.07, 6.45) is 15.0. The fourth-order valence-electron chi connectivity index (χ4n) is 4.83. The van der Waals surface area contributed by atoms with Crippen LogP contribution in [0, 0.1) is 18.8 Å². The lowest BCUT2D eigenvalue weighted by atomic mass is 9.84. The van der Waals surface area contributed by atoms with Crippen molar-refractivity contribution in [2.75, 3.05) is 0 Å². The molecule has 0 atom stereocenters. The molecule has 8 heteroatoms. The van der Waals surface area contributed by atoms with E-state index in [1.165, 1.54) is 49.8 Å². The van der Waals surface area contributed by atoms with Crippen LogP contribution < -0.4 is 5.32 Å². The minimum Gasteiger partial charge on any atom is -0.310 e. The maximum atomic E-state index is 6.54. The standard InChI is InChI=1S/C24H32ClN7/c1-15-18(12-28-31-15)11-26-19-7-5-17(6-8-19)10-23-27-14-21(25)24(30-23)20-13-29-32(2)22(20)9-16-3-4-16/h12-14,16-17,19,26H,3-11H2,1-2H3,(H,28,31). The van der Waals surface area contributed by atoms with Crippen molar-refractivity contribution in [1.82, 2.24) is 35.3 Å². The number of H-pyrrole nitrogens is 1. The first-order valence-electron chi connectivity index (χ1n) is 11.8. The first-order chi connectivity index (χ1) is 15.6. The van der Waals surface area contributed by atoms with E-state index >= 15 is 0 Å². The third-order valence-electron chi connectivity index (χ3n) is 7.12. The summed E-state index contributed by atoms with van der Waals surface area (Å²) < 4.78 is 1.98. The van der Waals surface area contributed by atoms with Crippen molar-refractivity contribution in [2.45, 2.75) is 70.9 Å². The Kier molecular flexibility index (Phi) is 6.28. The monoisotopic (exact) mass is 453 g/mol. The highest BCUT2D eigenvalue weighted by atomic mass is 35.5. The van der Waals surface area contributed by atoms with Crippen LogP contribution in [0.5, 0.6) is 0 Å². The van der Waals surface area contributed by atoms with Crippen LogP contribution in [-0.2, 0) is 26.4 Å². The predicted octanol–water partition coefficient (Wildman–Crippen LogP) is 4.41. The Hall–Kier alpha value is -2.25. The largest absolute Gasteiger partial charge is 0.310 e. The third kappa shape index (κ3) is 4.89. The van der Waals surface area contributed by atoms with Gasteiger partial charge < -0.3 is 5.32 Å². The quantitative estimate of drug-likeness (QED) is 0.527. The summed E-state index contributed by atoms with van der Waals surface area (Å²) in [4.78, 5) is 9.49. The molecule has 0 aliphatic heterocycles. The molecule has 32 heavy (non-hydrogen) atoms. The Morgan fingerprint density at radius 1 is 1.06 bits per heavy atom. The smallest absolute Gasteiger partial charge is 0.129 e. The van der Waals surface area contributed by atoms with Gasteiger partial charge in [0.1, 0.15) is 5.82 Å². The van der Waals surface area contributed by atoms with Gasteiger partial charge >= 0.3 is 0 Å². The van der Waals surface area contributed by atoms with Gasteiger partial charge in [-0.3, -0.25) is 9.78 Å². The van der Waals surface area contributed by atoms with Crippen molar-refractivity contribution in [3.8, 4) is 11.3 Å². The van der Waals surface area contributed by atoms with E-state index in [4.69, 9.17) is 16.6 Å². The zero-order valence-corrected chi connectivity index (χ0v) is 19.7. The Balaban J connectivity index is 1.20. The molecule has 0 unspecified atom stereocenters. The highest BCUT2D eigenvalue weighted by molar-refractivity contribution is 6.32. The molecule has 2 aliphatic carbocycles. The summed E-state index contributed by atoms with van der Waals surface area (Å²) in [6, 6.07) is 0.572. The Morgan fingerprint density at radius 3 is 2.53 bits per heavy atom. The van der Waals surface area contributed by atoms with Crippen molar-refractivity contribution in [2.24, 2.45) is 18.9 Å². The SMILES string of the molecule is Cc1[nH]ncc1CNC1CCC(Cc2ncc(Cl)c(-c3cnn(C)c3CC3CC3)n2)CC1. The van der Waals surface area contributed by atoms with E-state index in [0.29, 0.717) is 17.0 Å². The third-order valence-corrected chi connectivity index (χ3v) is 7.40. The van der Waals surface area contributed by atoms with Crippen molar-refractivity contribution in [3.05, 3.63) is 46.4 Å². The van der Waals surface area contributed by atoms with Crippen LogP contribution in [0.2, 0.25) is 5.02 Å². The lowest BCUT2D eigenvalue weighted by Crippen LogP contribution is -2.33. The van der Waals surface area contributed by atoms with Crippen molar-refractivity contribution in [3.63, 3.8) is 0 Å². The molecular formula is C24H32ClN7. The highest BCUT2D eigenvalue weighted by Gasteiger charge is 2.27. The van der Waals surface area contributed by atoms with Gasteiger partial charge in [-0.15, -0.1) is 0 Å². The first kappa shape index (κ1) is 21.6. The van der Waals surface area contributed by atoms with Crippen LogP contribution in [0.3, 0.4) is 0 Å². The molecule has 0 bridgehead atoms.